The standard InChI is InChI=1S/C11H25N/c1-5-8-10-12-11(4,7-3)9-6-2/h12H,5-10H2,1-4H3. The molecule has 1 nitrogen and oxygen atoms in total. The summed E-state index contributed by atoms with van der Waals surface area (Å²) in [4.78, 5) is 0. The van der Waals surface area contributed by atoms with Crippen LogP contribution < -0.4 is 5.32 Å². The van der Waals surface area contributed by atoms with E-state index in [4.69, 9.17) is 0 Å². The Labute approximate surface area is 77.9 Å². The van der Waals surface area contributed by atoms with Gasteiger partial charge in [-0.25, -0.2) is 0 Å². The third kappa shape index (κ3) is 4.76. The fraction of sp³-hybridized carbons (Fsp3) is 1.00. The van der Waals surface area contributed by atoms with Crippen LogP contribution in [0, 0.1) is 0 Å². The first-order chi connectivity index (χ1) is 5.68. The molecule has 1 atom stereocenters. The predicted molar refractivity (Wildman–Crippen MR) is 56.5 cm³/mol. The van der Waals surface area contributed by atoms with E-state index < -0.39 is 0 Å². The van der Waals surface area contributed by atoms with Crippen molar-refractivity contribution in [1.29, 1.82) is 0 Å². The topological polar surface area (TPSA) is 12.0 Å². The highest BCUT2D eigenvalue weighted by molar-refractivity contribution is 4.80. The van der Waals surface area contributed by atoms with E-state index in [2.05, 4.69) is 33.0 Å². The maximum absolute atomic E-state index is 3.65. The van der Waals surface area contributed by atoms with Crippen molar-refractivity contribution >= 4 is 0 Å². The molecule has 0 rings (SSSR count). The van der Waals surface area contributed by atoms with Crippen LogP contribution >= 0.6 is 0 Å². The van der Waals surface area contributed by atoms with Gasteiger partial charge in [0, 0.05) is 5.54 Å². The van der Waals surface area contributed by atoms with Gasteiger partial charge in [0.1, 0.15) is 0 Å². The Hall–Kier alpha value is -0.0400. The molecule has 0 heterocycles. The second kappa shape index (κ2) is 6.47. The Balaban J connectivity index is 3.63. The smallest absolute Gasteiger partial charge is 0.0150 e. The summed E-state index contributed by atoms with van der Waals surface area (Å²) in [5.41, 5.74) is 0.393. The van der Waals surface area contributed by atoms with Gasteiger partial charge in [0.15, 0.2) is 0 Å². The lowest BCUT2D eigenvalue weighted by atomic mass is 9.93. The van der Waals surface area contributed by atoms with E-state index in [1.54, 1.807) is 0 Å². The number of unbranched alkanes of at least 4 members (excludes halogenated alkanes) is 1. The van der Waals surface area contributed by atoms with Crippen LogP contribution in [-0.2, 0) is 0 Å². The monoisotopic (exact) mass is 171 g/mol. The van der Waals surface area contributed by atoms with Gasteiger partial charge in [-0.15, -0.1) is 0 Å². The van der Waals surface area contributed by atoms with Gasteiger partial charge in [-0.2, -0.15) is 0 Å². The van der Waals surface area contributed by atoms with Crippen LogP contribution in [0.25, 0.3) is 0 Å². The van der Waals surface area contributed by atoms with Crippen LogP contribution in [0.2, 0.25) is 0 Å². The molecule has 0 amide bonds. The van der Waals surface area contributed by atoms with Gasteiger partial charge in [-0.3, -0.25) is 0 Å². The van der Waals surface area contributed by atoms with Gasteiger partial charge in [-0.05, 0) is 32.7 Å². The maximum Gasteiger partial charge on any atom is 0.0150 e. The molecule has 1 unspecified atom stereocenters. The van der Waals surface area contributed by atoms with Crippen LogP contribution in [-0.4, -0.2) is 12.1 Å². The maximum atomic E-state index is 3.65. The SMILES string of the molecule is CCCCNC(C)(CC)CCC. The van der Waals surface area contributed by atoms with Crippen molar-refractivity contribution in [2.45, 2.75) is 65.3 Å². The molecule has 0 aliphatic carbocycles. The minimum absolute atomic E-state index is 0.393. The van der Waals surface area contributed by atoms with Crippen molar-refractivity contribution in [3.8, 4) is 0 Å². The average molecular weight is 171 g/mol. The zero-order valence-electron chi connectivity index (χ0n) is 9.24. The van der Waals surface area contributed by atoms with E-state index in [0.29, 0.717) is 5.54 Å². The molecular formula is C11H25N. The minimum atomic E-state index is 0.393. The number of nitrogens with one attached hydrogen (secondary N) is 1. The van der Waals surface area contributed by atoms with E-state index >= 15 is 0 Å². The van der Waals surface area contributed by atoms with Crippen LogP contribution in [0.1, 0.15) is 59.8 Å². The Bertz CT molecular complexity index is 101. The third-order valence-electron chi connectivity index (χ3n) is 2.66. The number of hydrogen-bond acceptors (Lipinski definition) is 1. The normalized spacial score (nSPS) is 16.0. The fourth-order valence-corrected chi connectivity index (χ4v) is 1.51. The van der Waals surface area contributed by atoms with E-state index in [9.17, 15) is 0 Å². The summed E-state index contributed by atoms with van der Waals surface area (Å²) in [5, 5.41) is 3.65. The highest BCUT2D eigenvalue weighted by Crippen LogP contribution is 2.16. The van der Waals surface area contributed by atoms with Crippen molar-refractivity contribution in [3.05, 3.63) is 0 Å². The summed E-state index contributed by atoms with van der Waals surface area (Å²) in [6.45, 7) is 10.3. The molecule has 74 valence electrons. The fourth-order valence-electron chi connectivity index (χ4n) is 1.51. The molecule has 0 aliphatic rings. The molecule has 0 aromatic rings. The van der Waals surface area contributed by atoms with Crippen molar-refractivity contribution in [1.82, 2.24) is 5.32 Å². The van der Waals surface area contributed by atoms with Gasteiger partial charge >= 0.3 is 0 Å². The van der Waals surface area contributed by atoms with Crippen LogP contribution in [0.15, 0.2) is 0 Å². The van der Waals surface area contributed by atoms with E-state index in [1.165, 1.54) is 38.6 Å². The van der Waals surface area contributed by atoms with Gasteiger partial charge in [-0.1, -0.05) is 33.6 Å². The zero-order chi connectivity index (χ0) is 9.45. The molecule has 0 bridgehead atoms. The Morgan fingerprint density at radius 3 is 2.17 bits per heavy atom. The Morgan fingerprint density at radius 1 is 1.08 bits per heavy atom. The molecule has 0 spiro atoms. The average Bonchev–Trinajstić information content (AvgIpc) is 2.06. The van der Waals surface area contributed by atoms with Gasteiger partial charge < -0.3 is 5.32 Å². The van der Waals surface area contributed by atoms with Crippen LogP contribution in [0.5, 0.6) is 0 Å². The second-order valence-corrected chi connectivity index (χ2v) is 3.94. The summed E-state index contributed by atoms with van der Waals surface area (Å²) in [5.74, 6) is 0. The quantitative estimate of drug-likeness (QED) is 0.579. The van der Waals surface area contributed by atoms with Crippen molar-refractivity contribution in [2.75, 3.05) is 6.54 Å². The first kappa shape index (κ1) is 12.0. The molecular weight excluding hydrogens is 146 g/mol. The summed E-state index contributed by atoms with van der Waals surface area (Å²) >= 11 is 0. The molecule has 1 heteroatoms. The molecule has 0 aliphatic heterocycles. The lowest BCUT2D eigenvalue weighted by Crippen LogP contribution is -2.42. The lowest BCUT2D eigenvalue weighted by molar-refractivity contribution is 0.315. The van der Waals surface area contributed by atoms with Crippen LogP contribution in [0.3, 0.4) is 0 Å². The third-order valence-corrected chi connectivity index (χ3v) is 2.66. The summed E-state index contributed by atoms with van der Waals surface area (Å²) in [6.07, 6.45) is 6.42. The number of rotatable bonds is 7. The molecule has 0 aromatic carbocycles. The van der Waals surface area contributed by atoms with E-state index in [1.807, 2.05) is 0 Å². The van der Waals surface area contributed by atoms with Gasteiger partial charge in [0.25, 0.3) is 0 Å². The Morgan fingerprint density at radius 2 is 1.75 bits per heavy atom. The summed E-state index contributed by atoms with van der Waals surface area (Å²) in [6, 6.07) is 0. The van der Waals surface area contributed by atoms with E-state index in [0.717, 1.165) is 0 Å². The van der Waals surface area contributed by atoms with Crippen LogP contribution in [0.4, 0.5) is 0 Å². The molecule has 0 radical (unpaired) electrons. The minimum Gasteiger partial charge on any atom is -0.312 e. The summed E-state index contributed by atoms with van der Waals surface area (Å²) < 4.78 is 0. The highest BCUT2D eigenvalue weighted by atomic mass is 15.0. The zero-order valence-corrected chi connectivity index (χ0v) is 9.24. The second-order valence-electron chi connectivity index (χ2n) is 3.94. The van der Waals surface area contributed by atoms with Crippen molar-refractivity contribution < 1.29 is 0 Å². The lowest BCUT2D eigenvalue weighted by Gasteiger charge is -2.29. The number of hydrogen-bond donors (Lipinski definition) is 1. The molecule has 1 N–H and O–H groups in total. The van der Waals surface area contributed by atoms with Gasteiger partial charge in [0.2, 0.25) is 0 Å². The first-order valence-corrected chi connectivity index (χ1v) is 5.43. The Kier molecular flexibility index (Phi) is 6.45. The summed E-state index contributed by atoms with van der Waals surface area (Å²) in [7, 11) is 0. The first-order valence-electron chi connectivity index (χ1n) is 5.43. The largest absolute Gasteiger partial charge is 0.312 e. The van der Waals surface area contributed by atoms with E-state index in [-0.39, 0.29) is 0 Å². The molecule has 0 saturated heterocycles. The molecule has 12 heavy (non-hydrogen) atoms. The molecule has 0 saturated carbocycles. The molecule has 0 aromatic heterocycles. The van der Waals surface area contributed by atoms with Crippen molar-refractivity contribution in [3.63, 3.8) is 0 Å². The highest BCUT2D eigenvalue weighted by Gasteiger charge is 2.18. The predicted octanol–water partition coefficient (Wildman–Crippen LogP) is 3.34. The molecule has 0 fully saturated rings. The van der Waals surface area contributed by atoms with Gasteiger partial charge in [0.05, 0.1) is 0 Å². The van der Waals surface area contributed by atoms with Crippen molar-refractivity contribution in [2.24, 2.45) is 0 Å².